The van der Waals surface area contributed by atoms with Crippen molar-refractivity contribution in [1.29, 1.82) is 0 Å². The van der Waals surface area contributed by atoms with Crippen molar-refractivity contribution in [1.82, 2.24) is 5.32 Å². The molecule has 3 aromatic rings. The Balaban J connectivity index is 1.84. The maximum atomic E-state index is 14.5. The molecule has 0 saturated carbocycles. The maximum Gasteiger partial charge on any atom is 0.264 e. The number of hydrogen-bond acceptors (Lipinski definition) is 5. The Hall–Kier alpha value is -3.17. The smallest absolute Gasteiger partial charge is 0.264 e. The normalized spacial score (nSPS) is 15.6. The van der Waals surface area contributed by atoms with Crippen LogP contribution in [0.1, 0.15) is 29.5 Å². The molecule has 192 valence electrons. The third-order valence-corrected chi connectivity index (χ3v) is 8.20. The van der Waals surface area contributed by atoms with E-state index in [2.05, 4.69) is 5.32 Å². The molecule has 6 nitrogen and oxygen atoms in total. The van der Waals surface area contributed by atoms with E-state index in [0.717, 1.165) is 24.9 Å². The third-order valence-electron chi connectivity index (χ3n) is 6.42. The first-order valence-electron chi connectivity index (χ1n) is 11.7. The van der Waals surface area contributed by atoms with Crippen LogP contribution in [0.25, 0.3) is 0 Å². The maximum absolute atomic E-state index is 14.5. The molecule has 1 aliphatic heterocycles. The monoisotopic (exact) mass is 516 g/mol. The second kappa shape index (κ2) is 10.8. The average Bonchev–Trinajstić information content (AvgIpc) is 3.38. The van der Waals surface area contributed by atoms with E-state index < -0.39 is 21.7 Å². The minimum Gasteiger partial charge on any atom is -0.493 e. The van der Waals surface area contributed by atoms with Gasteiger partial charge in [-0.3, -0.25) is 4.31 Å². The summed E-state index contributed by atoms with van der Waals surface area (Å²) in [6.45, 7) is 2.83. The lowest BCUT2D eigenvalue weighted by Gasteiger charge is -2.30. The number of nitrogens with one attached hydrogen (secondary N) is 1. The topological polar surface area (TPSA) is 67.9 Å². The average molecular weight is 517 g/mol. The minimum absolute atomic E-state index is 0.0294. The molecule has 1 atom stereocenters. The lowest BCUT2D eigenvalue weighted by Crippen LogP contribution is -2.41. The van der Waals surface area contributed by atoms with Crippen molar-refractivity contribution < 1.29 is 26.7 Å². The van der Waals surface area contributed by atoms with E-state index in [1.54, 1.807) is 24.3 Å². The molecule has 0 amide bonds. The number of aryl methyl sites for hydroxylation is 1. The number of methoxy groups -OCH3 is 2. The molecule has 1 fully saturated rings. The van der Waals surface area contributed by atoms with Crippen molar-refractivity contribution in [3.63, 3.8) is 0 Å². The predicted molar refractivity (Wildman–Crippen MR) is 135 cm³/mol. The van der Waals surface area contributed by atoms with Crippen molar-refractivity contribution >= 4 is 15.7 Å². The lowest BCUT2D eigenvalue weighted by molar-refractivity contribution is 0.354. The van der Waals surface area contributed by atoms with Crippen LogP contribution in [-0.2, 0) is 16.4 Å². The molecule has 0 aromatic heterocycles. The second-order valence-electron chi connectivity index (χ2n) is 8.86. The van der Waals surface area contributed by atoms with Gasteiger partial charge >= 0.3 is 0 Å². The van der Waals surface area contributed by atoms with Gasteiger partial charge in [-0.15, -0.1) is 0 Å². The van der Waals surface area contributed by atoms with Crippen molar-refractivity contribution in [2.45, 2.75) is 37.1 Å². The molecule has 3 aromatic carbocycles. The molecule has 1 N–H and O–H groups in total. The number of hydrogen-bond donors (Lipinski definition) is 1. The Bertz CT molecular complexity index is 1320. The molecule has 0 spiro atoms. The Morgan fingerprint density at radius 2 is 1.72 bits per heavy atom. The summed E-state index contributed by atoms with van der Waals surface area (Å²) in [4.78, 5) is 0.0294. The van der Waals surface area contributed by atoms with Gasteiger partial charge in [0.05, 0.1) is 24.8 Å². The molecule has 0 bridgehead atoms. The number of rotatable bonds is 9. The minimum atomic E-state index is -4.08. The molecule has 1 aliphatic rings. The predicted octanol–water partition coefficient (Wildman–Crippen LogP) is 4.83. The van der Waals surface area contributed by atoms with Gasteiger partial charge in [-0.25, -0.2) is 17.2 Å². The van der Waals surface area contributed by atoms with Crippen LogP contribution in [0.5, 0.6) is 11.5 Å². The van der Waals surface area contributed by atoms with E-state index in [-0.39, 0.29) is 35.2 Å². The molecule has 0 unspecified atom stereocenters. The number of nitrogens with zero attached hydrogens (tertiary/aromatic N) is 1. The highest BCUT2D eigenvalue weighted by Gasteiger charge is 2.31. The van der Waals surface area contributed by atoms with E-state index in [9.17, 15) is 17.2 Å². The summed E-state index contributed by atoms with van der Waals surface area (Å²) in [5, 5.41) is 3.35. The summed E-state index contributed by atoms with van der Waals surface area (Å²) in [5.41, 5.74) is 1.65. The van der Waals surface area contributed by atoms with E-state index in [1.807, 2.05) is 6.92 Å². The first-order chi connectivity index (χ1) is 17.2. The zero-order chi connectivity index (χ0) is 25.9. The van der Waals surface area contributed by atoms with Crippen LogP contribution in [0, 0.1) is 18.6 Å². The quantitative estimate of drug-likeness (QED) is 0.441. The van der Waals surface area contributed by atoms with Gasteiger partial charge in [0.1, 0.15) is 11.6 Å². The van der Waals surface area contributed by atoms with E-state index in [0.29, 0.717) is 17.0 Å². The van der Waals surface area contributed by atoms with Gasteiger partial charge in [0.2, 0.25) is 0 Å². The summed E-state index contributed by atoms with van der Waals surface area (Å²) in [7, 11) is -1.16. The third kappa shape index (κ3) is 5.32. The van der Waals surface area contributed by atoms with Gasteiger partial charge in [0.25, 0.3) is 10.0 Å². The van der Waals surface area contributed by atoms with Gasteiger partial charge in [0.15, 0.2) is 11.5 Å². The van der Waals surface area contributed by atoms with Gasteiger partial charge in [-0.2, -0.15) is 0 Å². The van der Waals surface area contributed by atoms with Gasteiger partial charge < -0.3 is 14.8 Å². The molecule has 1 saturated heterocycles. The van der Waals surface area contributed by atoms with E-state index in [1.165, 1.54) is 48.9 Å². The first-order valence-corrected chi connectivity index (χ1v) is 13.2. The van der Waals surface area contributed by atoms with Crippen molar-refractivity contribution in [3.05, 3.63) is 82.9 Å². The van der Waals surface area contributed by atoms with Gasteiger partial charge in [0, 0.05) is 30.6 Å². The lowest BCUT2D eigenvalue weighted by atomic mass is 10.00. The van der Waals surface area contributed by atoms with Gasteiger partial charge in [-0.1, -0.05) is 23.8 Å². The molecule has 36 heavy (non-hydrogen) atoms. The van der Waals surface area contributed by atoms with Crippen molar-refractivity contribution in [2.75, 3.05) is 31.6 Å². The molecule has 0 aliphatic carbocycles. The van der Waals surface area contributed by atoms with Crippen LogP contribution < -0.4 is 19.1 Å². The highest BCUT2D eigenvalue weighted by atomic mass is 32.2. The Kier molecular flexibility index (Phi) is 7.80. The standard InChI is InChI=1S/C27H30F2N2O4S/c1-18-9-11-25(19(14-18)15-22-23(28)7-4-8-24(22)29)31(17-20-6-5-13-30-20)36(32,33)21-10-12-26(34-2)27(16-21)35-3/h4,7-12,14,16,20,30H,5-6,13,15,17H2,1-3H3/t20-/m1/s1. The first kappa shape index (κ1) is 25.9. The number of ether oxygens (including phenoxy) is 2. The zero-order valence-corrected chi connectivity index (χ0v) is 21.4. The molecule has 0 radical (unpaired) electrons. The highest BCUT2D eigenvalue weighted by molar-refractivity contribution is 7.92. The zero-order valence-electron chi connectivity index (χ0n) is 20.6. The number of anilines is 1. The van der Waals surface area contributed by atoms with Crippen LogP contribution >= 0.6 is 0 Å². The number of benzene rings is 3. The molecule has 1 heterocycles. The summed E-state index contributed by atoms with van der Waals surface area (Å²) >= 11 is 0. The van der Waals surface area contributed by atoms with Crippen LogP contribution in [0.15, 0.2) is 59.5 Å². The summed E-state index contributed by atoms with van der Waals surface area (Å²) in [6, 6.07) is 13.4. The summed E-state index contributed by atoms with van der Waals surface area (Å²) in [5.74, 6) is -0.648. The number of halogens is 2. The molecule has 9 heteroatoms. The van der Waals surface area contributed by atoms with Crippen LogP contribution in [0.4, 0.5) is 14.5 Å². The van der Waals surface area contributed by atoms with Crippen LogP contribution in [0.3, 0.4) is 0 Å². The van der Waals surface area contributed by atoms with Crippen LogP contribution in [0.2, 0.25) is 0 Å². The van der Waals surface area contributed by atoms with Crippen molar-refractivity contribution in [2.24, 2.45) is 0 Å². The second-order valence-corrected chi connectivity index (χ2v) is 10.7. The number of sulfonamides is 1. The van der Waals surface area contributed by atoms with Crippen molar-refractivity contribution in [3.8, 4) is 11.5 Å². The largest absolute Gasteiger partial charge is 0.493 e. The molecular weight excluding hydrogens is 486 g/mol. The summed E-state index contributed by atoms with van der Waals surface area (Å²) < 4.78 is 69.2. The van der Waals surface area contributed by atoms with Crippen LogP contribution in [-0.4, -0.2) is 41.8 Å². The van der Waals surface area contributed by atoms with E-state index >= 15 is 0 Å². The fraction of sp³-hybridized carbons (Fsp3) is 0.333. The Morgan fingerprint density at radius 3 is 2.36 bits per heavy atom. The SMILES string of the molecule is COc1ccc(S(=O)(=O)N(C[C@H]2CCCN2)c2ccc(C)cc2Cc2c(F)cccc2F)cc1OC. The van der Waals surface area contributed by atoms with Gasteiger partial charge in [-0.05, 0) is 62.2 Å². The highest BCUT2D eigenvalue weighted by Crippen LogP contribution is 2.35. The Labute approximate surface area is 210 Å². The Morgan fingerprint density at radius 1 is 1.00 bits per heavy atom. The fourth-order valence-electron chi connectivity index (χ4n) is 4.53. The fourth-order valence-corrected chi connectivity index (χ4v) is 6.10. The molecular formula is C27H30F2N2O4S. The molecule has 4 rings (SSSR count). The van der Waals surface area contributed by atoms with E-state index in [4.69, 9.17) is 9.47 Å². The summed E-state index contributed by atoms with van der Waals surface area (Å²) in [6.07, 6.45) is 1.67.